The van der Waals surface area contributed by atoms with Crippen molar-refractivity contribution in [1.82, 2.24) is 0 Å². The van der Waals surface area contributed by atoms with Crippen LogP contribution in [0.1, 0.15) is 40.3 Å². The summed E-state index contributed by atoms with van der Waals surface area (Å²) in [6.07, 6.45) is -0.669. The molecule has 0 radical (unpaired) electrons. The van der Waals surface area contributed by atoms with Crippen LogP contribution in [-0.2, 0) is 5.41 Å². The Morgan fingerprint density at radius 3 is 1.71 bits per heavy atom. The second kappa shape index (κ2) is 10.6. The number of benzene rings is 4. The first-order valence-electron chi connectivity index (χ1n) is 11.6. The van der Waals surface area contributed by atoms with Crippen LogP contribution in [0.15, 0.2) is 97.1 Å². The van der Waals surface area contributed by atoms with Crippen LogP contribution in [0.3, 0.4) is 0 Å². The molecule has 0 heterocycles. The van der Waals surface area contributed by atoms with Crippen molar-refractivity contribution in [3.05, 3.63) is 125 Å². The van der Waals surface area contributed by atoms with E-state index in [9.17, 15) is 10.2 Å². The molecule has 4 aromatic carbocycles. The number of hydrogen-bond acceptors (Lipinski definition) is 5. The summed E-state index contributed by atoms with van der Waals surface area (Å²) in [5.41, 5.74) is 11.0. The highest BCUT2D eigenvalue weighted by Gasteiger charge is 2.40. The van der Waals surface area contributed by atoms with Gasteiger partial charge in [0, 0.05) is 24.3 Å². The molecule has 0 saturated carbocycles. The van der Waals surface area contributed by atoms with Crippen molar-refractivity contribution < 1.29 is 19.7 Å². The van der Waals surface area contributed by atoms with Crippen molar-refractivity contribution in [2.45, 2.75) is 17.9 Å². The molecule has 0 aliphatic rings. The average molecular weight is 470 g/mol. The van der Waals surface area contributed by atoms with Crippen molar-refractivity contribution in [3.63, 3.8) is 0 Å². The number of hydrogen-bond donors (Lipinski definition) is 3. The van der Waals surface area contributed by atoms with Gasteiger partial charge in [0.2, 0.25) is 0 Å². The third-order valence-electron chi connectivity index (χ3n) is 6.56. The Morgan fingerprint density at radius 2 is 1.23 bits per heavy atom. The van der Waals surface area contributed by atoms with Crippen molar-refractivity contribution in [1.29, 1.82) is 0 Å². The van der Waals surface area contributed by atoms with Gasteiger partial charge >= 0.3 is 0 Å². The van der Waals surface area contributed by atoms with Gasteiger partial charge < -0.3 is 25.4 Å². The van der Waals surface area contributed by atoms with Crippen molar-refractivity contribution in [2.75, 3.05) is 26.6 Å². The van der Waals surface area contributed by atoms with Crippen molar-refractivity contribution in [3.8, 4) is 11.5 Å². The van der Waals surface area contributed by atoms with E-state index in [0.29, 0.717) is 11.3 Å². The van der Waals surface area contributed by atoms with Gasteiger partial charge in [0.1, 0.15) is 11.5 Å². The van der Waals surface area contributed by atoms with Crippen molar-refractivity contribution in [2.24, 2.45) is 0 Å². The lowest BCUT2D eigenvalue weighted by Gasteiger charge is -2.38. The summed E-state index contributed by atoms with van der Waals surface area (Å²) in [6.45, 7) is -0.133. The molecule has 0 fully saturated rings. The summed E-state index contributed by atoms with van der Waals surface area (Å²) in [6, 6.07) is 31.9. The molecule has 5 heteroatoms. The van der Waals surface area contributed by atoms with Crippen LogP contribution in [-0.4, -0.2) is 31.0 Å². The maximum absolute atomic E-state index is 10.8. The molecule has 1 atom stereocenters. The number of para-hydroxylation sites is 1. The number of aliphatic hydroxyl groups excluding tert-OH is 2. The first kappa shape index (κ1) is 24.3. The molecule has 0 amide bonds. The van der Waals surface area contributed by atoms with Crippen LogP contribution >= 0.6 is 0 Å². The second-order valence-corrected chi connectivity index (χ2v) is 8.41. The van der Waals surface area contributed by atoms with Crippen LogP contribution in [0.2, 0.25) is 0 Å². The van der Waals surface area contributed by atoms with Gasteiger partial charge in [-0.1, -0.05) is 72.8 Å². The molecule has 0 aliphatic carbocycles. The first-order valence-corrected chi connectivity index (χ1v) is 11.6. The molecular weight excluding hydrogens is 438 g/mol. The summed E-state index contributed by atoms with van der Waals surface area (Å²) in [5, 5.41) is 20.2. The van der Waals surface area contributed by atoms with Crippen LogP contribution < -0.4 is 15.2 Å². The van der Waals surface area contributed by atoms with Gasteiger partial charge in [0.15, 0.2) is 0 Å². The molecule has 1 unspecified atom stereocenters. The summed E-state index contributed by atoms with van der Waals surface area (Å²) in [5.74, 6) is 1.51. The highest BCUT2D eigenvalue weighted by Crippen LogP contribution is 2.48. The van der Waals surface area contributed by atoms with Gasteiger partial charge in [-0.15, -0.1) is 0 Å². The first-order chi connectivity index (χ1) is 17.1. The van der Waals surface area contributed by atoms with E-state index in [1.807, 2.05) is 84.9 Å². The van der Waals surface area contributed by atoms with E-state index in [2.05, 4.69) is 12.1 Å². The Labute approximate surface area is 206 Å². The third kappa shape index (κ3) is 4.48. The van der Waals surface area contributed by atoms with E-state index in [4.69, 9.17) is 15.2 Å². The van der Waals surface area contributed by atoms with Crippen LogP contribution in [0.5, 0.6) is 11.5 Å². The maximum Gasteiger partial charge on any atom is 0.118 e. The lowest BCUT2D eigenvalue weighted by Crippen LogP contribution is -2.32. The zero-order chi connectivity index (χ0) is 24.8. The highest BCUT2D eigenvalue weighted by molar-refractivity contribution is 5.69. The Balaban J connectivity index is 2.10. The molecular formula is C30H31NO4. The molecule has 0 bridgehead atoms. The number of anilines is 1. The number of rotatable bonds is 9. The highest BCUT2D eigenvalue weighted by atomic mass is 16.5. The van der Waals surface area contributed by atoms with Crippen LogP contribution in [0, 0.1) is 0 Å². The van der Waals surface area contributed by atoms with Crippen molar-refractivity contribution >= 4 is 5.69 Å². The topological polar surface area (TPSA) is 84.9 Å². The molecule has 0 aromatic heterocycles. The SMILES string of the molecule is COc1ccc(C(c2ccccc2)(c2ccc(OC)cc2)c2cccc(C(O)CCO)c2N)cc1. The standard InChI is InChI=1S/C30H31NO4/c1-34-24-15-11-22(12-16-24)30(21-7-4-3-5-8-21,23-13-17-25(35-2)18-14-23)27-10-6-9-26(29(27)31)28(33)19-20-32/h3-18,28,32-33H,19-20,31H2,1-2H3. The van der Waals surface area contributed by atoms with Crippen LogP contribution in [0.25, 0.3) is 0 Å². The van der Waals surface area contributed by atoms with Crippen LogP contribution in [0.4, 0.5) is 5.69 Å². The zero-order valence-electron chi connectivity index (χ0n) is 20.0. The molecule has 0 spiro atoms. The fraction of sp³-hybridized carbons (Fsp3) is 0.200. The summed E-state index contributed by atoms with van der Waals surface area (Å²) in [7, 11) is 3.29. The minimum atomic E-state index is -0.875. The largest absolute Gasteiger partial charge is 0.497 e. The molecule has 35 heavy (non-hydrogen) atoms. The van der Waals surface area contributed by atoms with E-state index in [1.54, 1.807) is 14.2 Å². The summed E-state index contributed by atoms with van der Waals surface area (Å²) in [4.78, 5) is 0. The Hall–Kier alpha value is -3.80. The monoisotopic (exact) mass is 469 g/mol. The fourth-order valence-corrected chi connectivity index (χ4v) is 4.82. The number of nitrogen functional groups attached to an aromatic ring is 1. The molecule has 0 saturated heterocycles. The lowest BCUT2D eigenvalue weighted by atomic mass is 9.64. The predicted octanol–water partition coefficient (Wildman–Crippen LogP) is 5.08. The lowest BCUT2D eigenvalue weighted by molar-refractivity contribution is 0.135. The summed E-state index contributed by atoms with van der Waals surface area (Å²) >= 11 is 0. The number of nitrogens with two attached hydrogens (primary N) is 1. The van der Waals surface area contributed by atoms with Gasteiger partial charge in [-0.2, -0.15) is 0 Å². The van der Waals surface area contributed by atoms with Gasteiger partial charge in [0.25, 0.3) is 0 Å². The zero-order valence-corrected chi connectivity index (χ0v) is 20.0. The second-order valence-electron chi connectivity index (χ2n) is 8.41. The maximum atomic E-state index is 10.8. The average Bonchev–Trinajstić information content (AvgIpc) is 2.91. The van der Waals surface area contributed by atoms with Gasteiger partial charge in [-0.05, 0) is 46.5 Å². The minimum absolute atomic E-state index is 0.133. The van der Waals surface area contributed by atoms with Gasteiger partial charge in [-0.3, -0.25) is 0 Å². The smallest absolute Gasteiger partial charge is 0.118 e. The Morgan fingerprint density at radius 1 is 0.714 bits per heavy atom. The summed E-state index contributed by atoms with van der Waals surface area (Å²) < 4.78 is 10.9. The van der Waals surface area contributed by atoms with E-state index in [-0.39, 0.29) is 13.0 Å². The van der Waals surface area contributed by atoms with E-state index in [1.165, 1.54) is 0 Å². The fourth-order valence-electron chi connectivity index (χ4n) is 4.82. The predicted molar refractivity (Wildman–Crippen MR) is 139 cm³/mol. The quantitative estimate of drug-likeness (QED) is 0.235. The molecule has 180 valence electrons. The Kier molecular flexibility index (Phi) is 7.39. The minimum Gasteiger partial charge on any atom is -0.497 e. The van der Waals surface area contributed by atoms with Gasteiger partial charge in [0.05, 0.1) is 25.7 Å². The molecule has 4 N–H and O–H groups in total. The van der Waals surface area contributed by atoms with E-state index >= 15 is 0 Å². The number of ether oxygens (including phenoxy) is 2. The Bertz CT molecular complexity index is 1190. The third-order valence-corrected chi connectivity index (χ3v) is 6.56. The van der Waals surface area contributed by atoms with E-state index in [0.717, 1.165) is 33.8 Å². The molecule has 0 aliphatic heterocycles. The number of aliphatic hydroxyl groups is 2. The van der Waals surface area contributed by atoms with Gasteiger partial charge in [-0.25, -0.2) is 0 Å². The van der Waals surface area contributed by atoms with E-state index < -0.39 is 11.5 Å². The molecule has 4 rings (SSSR count). The molecule has 5 nitrogen and oxygen atoms in total. The normalized spacial score (nSPS) is 12.2. The molecule has 4 aromatic rings. The number of methoxy groups -OCH3 is 2.